The molecule has 0 aliphatic heterocycles. The van der Waals surface area contributed by atoms with Gasteiger partial charge in [-0.15, -0.1) is 0 Å². The summed E-state index contributed by atoms with van der Waals surface area (Å²) in [6.07, 6.45) is 0. The maximum atomic E-state index is 10.1. The van der Waals surface area contributed by atoms with E-state index in [9.17, 15) is 10.2 Å². The molecule has 2 heteroatoms. The highest BCUT2D eigenvalue weighted by atomic mass is 16.3. The molecule has 2 N–H and O–H groups in total. The van der Waals surface area contributed by atoms with Gasteiger partial charge in [0.05, 0.1) is 11.2 Å². The van der Waals surface area contributed by atoms with Gasteiger partial charge in [-0.25, -0.2) is 0 Å². The van der Waals surface area contributed by atoms with E-state index in [-0.39, 0.29) is 0 Å². The van der Waals surface area contributed by atoms with E-state index in [0.717, 1.165) is 33.4 Å². The van der Waals surface area contributed by atoms with Gasteiger partial charge in [-0.05, 0) is 61.1 Å². The SMILES string of the molecule is CC(C)(O)c1ccc(-c2ccc(-c3ccc(C(C)(C)O)cc3)cc2)cc1. The van der Waals surface area contributed by atoms with Crippen molar-refractivity contribution in [3.8, 4) is 22.3 Å². The monoisotopic (exact) mass is 346 g/mol. The van der Waals surface area contributed by atoms with Crippen molar-refractivity contribution >= 4 is 0 Å². The smallest absolute Gasteiger partial charge is 0.0840 e. The first-order valence-electron chi connectivity index (χ1n) is 8.91. The van der Waals surface area contributed by atoms with Gasteiger partial charge in [0.1, 0.15) is 0 Å². The first-order valence-corrected chi connectivity index (χ1v) is 8.91. The number of aliphatic hydroxyl groups is 2. The second-order valence-corrected chi connectivity index (χ2v) is 7.85. The van der Waals surface area contributed by atoms with Crippen LogP contribution >= 0.6 is 0 Å². The molecule has 2 nitrogen and oxygen atoms in total. The summed E-state index contributed by atoms with van der Waals surface area (Å²) in [4.78, 5) is 0. The van der Waals surface area contributed by atoms with Crippen LogP contribution in [0.3, 0.4) is 0 Å². The number of hydrogen-bond acceptors (Lipinski definition) is 2. The molecule has 0 unspecified atom stereocenters. The van der Waals surface area contributed by atoms with Crippen LogP contribution in [0.15, 0.2) is 72.8 Å². The summed E-state index contributed by atoms with van der Waals surface area (Å²) >= 11 is 0. The summed E-state index contributed by atoms with van der Waals surface area (Å²) in [6.45, 7) is 7.17. The van der Waals surface area contributed by atoms with Gasteiger partial charge in [-0.3, -0.25) is 0 Å². The Kier molecular flexibility index (Phi) is 4.74. The first kappa shape index (κ1) is 18.4. The highest BCUT2D eigenvalue weighted by molar-refractivity contribution is 5.70. The van der Waals surface area contributed by atoms with Crippen molar-refractivity contribution in [1.82, 2.24) is 0 Å². The van der Waals surface area contributed by atoms with Gasteiger partial charge in [-0.1, -0.05) is 72.8 Å². The second-order valence-electron chi connectivity index (χ2n) is 7.85. The van der Waals surface area contributed by atoms with Crippen LogP contribution < -0.4 is 0 Å². The van der Waals surface area contributed by atoms with Crippen molar-refractivity contribution in [2.24, 2.45) is 0 Å². The molecule has 0 aromatic heterocycles. The molecule has 0 radical (unpaired) electrons. The highest BCUT2D eigenvalue weighted by Gasteiger charge is 2.16. The lowest BCUT2D eigenvalue weighted by atomic mass is 9.94. The Hall–Kier alpha value is -2.42. The van der Waals surface area contributed by atoms with Crippen molar-refractivity contribution in [1.29, 1.82) is 0 Å². The summed E-state index contributed by atoms with van der Waals surface area (Å²) < 4.78 is 0. The molecule has 0 amide bonds. The Morgan fingerprint density at radius 3 is 0.808 bits per heavy atom. The number of hydrogen-bond donors (Lipinski definition) is 2. The number of rotatable bonds is 4. The molecule has 0 bridgehead atoms. The lowest BCUT2D eigenvalue weighted by Gasteiger charge is -2.18. The molecular formula is C24H26O2. The second kappa shape index (κ2) is 6.71. The Morgan fingerprint density at radius 2 is 0.615 bits per heavy atom. The Bertz CT molecular complexity index is 783. The van der Waals surface area contributed by atoms with E-state index in [1.54, 1.807) is 27.7 Å². The van der Waals surface area contributed by atoms with Crippen LogP contribution in [0.4, 0.5) is 0 Å². The standard InChI is InChI=1S/C24H26O2/c1-23(2,25)21-13-9-19(10-14-21)17-5-7-18(8-6-17)20-11-15-22(16-12-20)24(3,4)26/h5-16,25-26H,1-4H3. The predicted octanol–water partition coefficient (Wildman–Crippen LogP) is 5.48. The fourth-order valence-corrected chi connectivity index (χ4v) is 3.00. The Labute approximate surface area is 155 Å². The largest absolute Gasteiger partial charge is 0.386 e. The van der Waals surface area contributed by atoms with Gasteiger partial charge in [0.15, 0.2) is 0 Å². The van der Waals surface area contributed by atoms with Crippen LogP contribution in [0.1, 0.15) is 38.8 Å². The van der Waals surface area contributed by atoms with Gasteiger partial charge in [0, 0.05) is 0 Å². The summed E-state index contributed by atoms with van der Waals surface area (Å²) in [5.74, 6) is 0. The molecule has 0 aliphatic rings. The summed E-state index contributed by atoms with van der Waals surface area (Å²) in [5, 5.41) is 20.1. The molecule has 26 heavy (non-hydrogen) atoms. The van der Waals surface area contributed by atoms with Crippen LogP contribution in [0.5, 0.6) is 0 Å². The molecule has 0 spiro atoms. The summed E-state index contributed by atoms with van der Waals surface area (Å²) in [7, 11) is 0. The third-order valence-corrected chi connectivity index (χ3v) is 4.73. The predicted molar refractivity (Wildman–Crippen MR) is 108 cm³/mol. The zero-order valence-corrected chi connectivity index (χ0v) is 15.8. The minimum Gasteiger partial charge on any atom is -0.386 e. The maximum Gasteiger partial charge on any atom is 0.0840 e. The lowest BCUT2D eigenvalue weighted by molar-refractivity contribution is 0.0780. The Morgan fingerprint density at radius 1 is 0.423 bits per heavy atom. The summed E-state index contributed by atoms with van der Waals surface area (Å²) in [5.41, 5.74) is 4.71. The van der Waals surface area contributed by atoms with Crippen LogP contribution in [0.2, 0.25) is 0 Å². The van der Waals surface area contributed by atoms with Gasteiger partial charge < -0.3 is 10.2 Å². The van der Waals surface area contributed by atoms with Crippen molar-refractivity contribution in [3.63, 3.8) is 0 Å². The van der Waals surface area contributed by atoms with Crippen LogP contribution in [0.25, 0.3) is 22.3 Å². The topological polar surface area (TPSA) is 40.5 Å². The van der Waals surface area contributed by atoms with Crippen LogP contribution in [0, 0.1) is 0 Å². The highest BCUT2D eigenvalue weighted by Crippen LogP contribution is 2.28. The molecule has 0 saturated heterocycles. The fourth-order valence-electron chi connectivity index (χ4n) is 3.00. The quantitative estimate of drug-likeness (QED) is 0.657. The maximum absolute atomic E-state index is 10.1. The molecule has 134 valence electrons. The van der Waals surface area contributed by atoms with Crippen LogP contribution in [-0.4, -0.2) is 10.2 Å². The van der Waals surface area contributed by atoms with E-state index in [1.807, 2.05) is 48.5 Å². The molecule has 0 atom stereocenters. The van der Waals surface area contributed by atoms with Gasteiger partial charge in [0.2, 0.25) is 0 Å². The van der Waals surface area contributed by atoms with Crippen molar-refractivity contribution in [2.75, 3.05) is 0 Å². The van der Waals surface area contributed by atoms with Crippen molar-refractivity contribution < 1.29 is 10.2 Å². The Balaban J connectivity index is 1.82. The fraction of sp³-hybridized carbons (Fsp3) is 0.250. The average Bonchev–Trinajstić information content (AvgIpc) is 2.61. The van der Waals surface area contributed by atoms with E-state index in [4.69, 9.17) is 0 Å². The molecule has 0 fully saturated rings. The van der Waals surface area contributed by atoms with E-state index < -0.39 is 11.2 Å². The average molecular weight is 346 g/mol. The zero-order chi connectivity index (χ0) is 18.9. The molecular weight excluding hydrogens is 320 g/mol. The van der Waals surface area contributed by atoms with E-state index in [0.29, 0.717) is 0 Å². The molecule has 0 heterocycles. The van der Waals surface area contributed by atoms with Crippen LogP contribution in [-0.2, 0) is 11.2 Å². The van der Waals surface area contributed by atoms with E-state index in [2.05, 4.69) is 24.3 Å². The zero-order valence-electron chi connectivity index (χ0n) is 15.8. The van der Waals surface area contributed by atoms with Gasteiger partial charge >= 0.3 is 0 Å². The molecule has 3 aromatic carbocycles. The third kappa shape index (κ3) is 4.04. The molecule has 3 aromatic rings. The van der Waals surface area contributed by atoms with Crippen molar-refractivity contribution in [3.05, 3.63) is 83.9 Å². The van der Waals surface area contributed by atoms with Gasteiger partial charge in [-0.2, -0.15) is 0 Å². The molecule has 0 saturated carbocycles. The van der Waals surface area contributed by atoms with E-state index >= 15 is 0 Å². The van der Waals surface area contributed by atoms with Gasteiger partial charge in [0.25, 0.3) is 0 Å². The molecule has 0 aliphatic carbocycles. The minimum absolute atomic E-state index is 0.822. The minimum atomic E-state index is -0.822. The normalized spacial score (nSPS) is 12.2. The number of benzene rings is 3. The first-order chi connectivity index (χ1) is 12.1. The third-order valence-electron chi connectivity index (χ3n) is 4.73. The van der Waals surface area contributed by atoms with Crippen molar-refractivity contribution in [2.45, 2.75) is 38.9 Å². The summed E-state index contributed by atoms with van der Waals surface area (Å²) in [6, 6.07) is 24.5. The molecule has 3 rings (SSSR count). The van der Waals surface area contributed by atoms with E-state index in [1.165, 1.54) is 0 Å². The lowest BCUT2D eigenvalue weighted by Crippen LogP contribution is -2.14.